The summed E-state index contributed by atoms with van der Waals surface area (Å²) in [5.74, 6) is 0.212. The summed E-state index contributed by atoms with van der Waals surface area (Å²) in [5.41, 5.74) is 2.36. The monoisotopic (exact) mass is 442 g/mol. The quantitative estimate of drug-likeness (QED) is 0.570. The number of carbonyl (C=O) groups excluding carboxylic acids is 2. The van der Waals surface area contributed by atoms with E-state index in [-0.39, 0.29) is 23.4 Å². The van der Waals surface area contributed by atoms with Crippen molar-refractivity contribution in [3.8, 4) is 17.3 Å². The Hall–Kier alpha value is -4.39. The lowest BCUT2D eigenvalue weighted by Crippen LogP contribution is -2.39. The van der Waals surface area contributed by atoms with E-state index in [4.69, 9.17) is 0 Å². The van der Waals surface area contributed by atoms with Crippen LogP contribution in [0.25, 0.3) is 11.3 Å². The van der Waals surface area contributed by atoms with Crippen molar-refractivity contribution in [3.63, 3.8) is 0 Å². The van der Waals surface area contributed by atoms with Crippen LogP contribution in [0, 0.1) is 17.2 Å². The average Bonchev–Trinajstić information content (AvgIpc) is 3.70. The van der Waals surface area contributed by atoms with Gasteiger partial charge in [0.15, 0.2) is 11.5 Å². The zero-order valence-electron chi connectivity index (χ0n) is 18.2. The van der Waals surface area contributed by atoms with E-state index >= 15 is 0 Å². The highest BCUT2D eigenvalue weighted by Crippen LogP contribution is 2.30. The molecular weight excluding hydrogens is 420 g/mol. The molecule has 1 aliphatic rings. The minimum Gasteiger partial charge on any atom is -0.372 e. The van der Waals surface area contributed by atoms with Crippen molar-refractivity contribution in [3.05, 3.63) is 54.9 Å². The second-order valence-electron chi connectivity index (χ2n) is 7.76. The molecule has 1 aliphatic carbocycles. The maximum Gasteiger partial charge on any atom is 0.248 e. The lowest BCUT2D eigenvalue weighted by atomic mass is 10.1. The molecule has 3 aromatic heterocycles. The van der Waals surface area contributed by atoms with Crippen molar-refractivity contribution >= 4 is 29.0 Å². The van der Waals surface area contributed by atoms with Gasteiger partial charge in [-0.15, -0.1) is 0 Å². The van der Waals surface area contributed by atoms with E-state index in [0.717, 1.165) is 12.8 Å². The molecule has 0 spiro atoms. The summed E-state index contributed by atoms with van der Waals surface area (Å²) < 4.78 is 0. The van der Waals surface area contributed by atoms with E-state index < -0.39 is 6.04 Å². The maximum atomic E-state index is 12.9. The lowest BCUT2D eigenvalue weighted by molar-refractivity contribution is -0.119. The van der Waals surface area contributed by atoms with Gasteiger partial charge in [0.25, 0.3) is 0 Å². The van der Waals surface area contributed by atoms with Crippen molar-refractivity contribution < 1.29 is 9.59 Å². The molecule has 0 saturated heterocycles. The Morgan fingerprint density at radius 1 is 1.18 bits per heavy atom. The molecule has 2 amide bonds. The first-order valence-corrected chi connectivity index (χ1v) is 10.4. The van der Waals surface area contributed by atoms with E-state index in [1.807, 2.05) is 6.07 Å². The fourth-order valence-electron chi connectivity index (χ4n) is 3.18. The number of pyridine rings is 2. The van der Waals surface area contributed by atoms with Gasteiger partial charge in [-0.2, -0.15) is 5.26 Å². The lowest BCUT2D eigenvalue weighted by Gasteiger charge is -2.23. The van der Waals surface area contributed by atoms with Gasteiger partial charge in [0.1, 0.15) is 12.1 Å². The molecule has 0 radical (unpaired) electrons. The largest absolute Gasteiger partial charge is 0.372 e. The first-order valence-electron chi connectivity index (χ1n) is 10.4. The Kier molecular flexibility index (Phi) is 6.22. The van der Waals surface area contributed by atoms with E-state index in [9.17, 15) is 14.9 Å². The number of likely N-dealkylation sites (N-methyl/N-ethyl adjacent to an activating group) is 1. The highest BCUT2D eigenvalue weighted by atomic mass is 16.2. The Morgan fingerprint density at radius 3 is 2.64 bits per heavy atom. The van der Waals surface area contributed by atoms with Crippen LogP contribution >= 0.6 is 0 Å². The van der Waals surface area contributed by atoms with E-state index in [0.29, 0.717) is 28.5 Å². The molecular formula is C23H22N8O2. The van der Waals surface area contributed by atoms with Crippen molar-refractivity contribution in [1.82, 2.24) is 19.9 Å². The van der Waals surface area contributed by atoms with Gasteiger partial charge in [-0.1, -0.05) is 0 Å². The second-order valence-corrected chi connectivity index (χ2v) is 7.76. The predicted molar refractivity (Wildman–Crippen MR) is 122 cm³/mol. The summed E-state index contributed by atoms with van der Waals surface area (Å²) >= 11 is 0. The second kappa shape index (κ2) is 9.40. The van der Waals surface area contributed by atoms with Gasteiger partial charge in [-0.05, 0) is 38.0 Å². The molecule has 0 unspecified atom stereocenters. The summed E-state index contributed by atoms with van der Waals surface area (Å²) in [6, 6.07) is 6.64. The van der Waals surface area contributed by atoms with Crippen LogP contribution in [-0.2, 0) is 9.59 Å². The van der Waals surface area contributed by atoms with E-state index in [2.05, 4.69) is 30.6 Å². The molecule has 10 heteroatoms. The van der Waals surface area contributed by atoms with Crippen LogP contribution in [0.1, 0.15) is 25.5 Å². The number of nitrogens with one attached hydrogen (secondary N) is 2. The molecule has 0 bridgehead atoms. The highest BCUT2D eigenvalue weighted by Gasteiger charge is 2.29. The average molecular weight is 442 g/mol. The zero-order chi connectivity index (χ0) is 23.4. The molecule has 4 rings (SSSR count). The number of carbonyl (C=O) groups is 2. The van der Waals surface area contributed by atoms with Crippen LogP contribution in [-0.4, -0.2) is 44.8 Å². The Bertz CT molecular complexity index is 1200. The van der Waals surface area contributed by atoms with Crippen LogP contribution in [0.3, 0.4) is 0 Å². The topological polar surface area (TPSA) is 137 Å². The van der Waals surface area contributed by atoms with Crippen molar-refractivity contribution in [2.45, 2.75) is 25.8 Å². The number of nitrogens with zero attached hydrogens (tertiary/aromatic N) is 6. The third-order valence-electron chi connectivity index (χ3n) is 5.25. The van der Waals surface area contributed by atoms with Crippen LogP contribution in [0.2, 0.25) is 0 Å². The molecule has 33 heavy (non-hydrogen) atoms. The number of aromatic nitrogens is 4. The first kappa shape index (κ1) is 21.8. The Balaban J connectivity index is 1.50. The predicted octanol–water partition coefficient (Wildman–Crippen LogP) is 2.62. The van der Waals surface area contributed by atoms with Crippen LogP contribution in [0.15, 0.2) is 49.2 Å². The number of hydrogen-bond acceptors (Lipinski definition) is 8. The summed E-state index contributed by atoms with van der Waals surface area (Å²) in [7, 11) is 1.66. The van der Waals surface area contributed by atoms with Gasteiger partial charge in [0.2, 0.25) is 11.8 Å². The van der Waals surface area contributed by atoms with Crippen LogP contribution in [0.5, 0.6) is 0 Å². The summed E-state index contributed by atoms with van der Waals surface area (Å²) in [4.78, 5) is 43.1. The number of hydrogen-bond donors (Lipinski definition) is 2. The minimum atomic E-state index is -0.634. The van der Waals surface area contributed by atoms with E-state index in [1.54, 1.807) is 44.6 Å². The fourth-order valence-corrected chi connectivity index (χ4v) is 3.18. The first-order chi connectivity index (χ1) is 16.0. The molecule has 1 atom stereocenters. The van der Waals surface area contributed by atoms with Gasteiger partial charge in [0, 0.05) is 30.9 Å². The molecule has 3 heterocycles. The van der Waals surface area contributed by atoms with E-state index in [1.165, 1.54) is 23.5 Å². The number of nitriles is 1. The standard InChI is InChI=1S/C23H22N8O2/c1-14(23(33)31(2)17-4-3-7-25-11-17)29-18-8-16(10-26-19(18)9-24)20-12-28-21(13-27-20)30-22(32)15-5-6-15/h3-4,7-8,10-15,29H,5-6H2,1-2H3,(H,28,30,32)/t14-/m0/s1. The number of rotatable bonds is 7. The fraction of sp³-hybridized carbons (Fsp3) is 0.261. The van der Waals surface area contributed by atoms with Gasteiger partial charge in [-0.25, -0.2) is 9.97 Å². The van der Waals surface area contributed by atoms with Crippen molar-refractivity contribution in [2.75, 3.05) is 22.6 Å². The molecule has 1 saturated carbocycles. The van der Waals surface area contributed by atoms with Crippen LogP contribution < -0.4 is 15.5 Å². The van der Waals surface area contributed by atoms with Gasteiger partial charge < -0.3 is 15.5 Å². The SMILES string of the molecule is C[C@H](Nc1cc(-c2cnc(NC(=O)C3CC3)cn2)cnc1C#N)C(=O)N(C)c1cccnc1. The smallest absolute Gasteiger partial charge is 0.248 e. The molecule has 1 fully saturated rings. The molecule has 3 aromatic rings. The summed E-state index contributed by atoms with van der Waals surface area (Å²) in [5, 5.41) is 15.3. The zero-order valence-corrected chi connectivity index (χ0v) is 18.2. The van der Waals surface area contributed by atoms with Crippen molar-refractivity contribution in [2.24, 2.45) is 5.92 Å². The highest BCUT2D eigenvalue weighted by molar-refractivity contribution is 5.98. The van der Waals surface area contributed by atoms with Crippen molar-refractivity contribution in [1.29, 1.82) is 5.26 Å². The minimum absolute atomic E-state index is 0.0431. The molecule has 10 nitrogen and oxygen atoms in total. The Labute approximate surface area is 190 Å². The van der Waals surface area contributed by atoms with Gasteiger partial charge >= 0.3 is 0 Å². The third-order valence-corrected chi connectivity index (χ3v) is 5.25. The molecule has 166 valence electrons. The van der Waals surface area contributed by atoms with Crippen LogP contribution in [0.4, 0.5) is 17.2 Å². The van der Waals surface area contributed by atoms with Gasteiger partial charge in [0.05, 0.1) is 35.7 Å². The molecule has 2 N–H and O–H groups in total. The Morgan fingerprint density at radius 2 is 2.00 bits per heavy atom. The number of amides is 2. The molecule has 0 aliphatic heterocycles. The summed E-state index contributed by atoms with van der Waals surface area (Å²) in [6.07, 6.45) is 9.58. The molecule has 0 aromatic carbocycles. The summed E-state index contributed by atoms with van der Waals surface area (Å²) in [6.45, 7) is 1.71. The number of anilines is 3. The van der Waals surface area contributed by atoms with Gasteiger partial charge in [-0.3, -0.25) is 19.6 Å². The normalized spacial score (nSPS) is 13.5. The maximum absolute atomic E-state index is 12.9. The third kappa shape index (κ3) is 5.10.